The molecule has 0 radical (unpaired) electrons. The van der Waals surface area contributed by atoms with Gasteiger partial charge in [0.05, 0.1) is 5.52 Å². The first kappa shape index (κ1) is 18.9. The quantitative estimate of drug-likeness (QED) is 0.394. The van der Waals surface area contributed by atoms with E-state index in [9.17, 15) is 0 Å². The van der Waals surface area contributed by atoms with E-state index in [2.05, 4.69) is 32.2 Å². The maximum atomic E-state index is 5.95. The van der Waals surface area contributed by atoms with E-state index in [-0.39, 0.29) is 0 Å². The highest BCUT2D eigenvalue weighted by atomic mass is 16.4. The molecular weight excluding hydrogens is 386 g/mol. The van der Waals surface area contributed by atoms with Gasteiger partial charge in [-0.05, 0) is 36.8 Å². The third kappa shape index (κ3) is 3.88. The monoisotopic (exact) mass is 407 g/mol. The predicted molar refractivity (Wildman–Crippen MR) is 122 cm³/mol. The van der Waals surface area contributed by atoms with Crippen molar-refractivity contribution in [1.82, 2.24) is 20.2 Å². The second-order valence-corrected chi connectivity index (χ2v) is 7.51. The maximum absolute atomic E-state index is 5.95. The Kier molecular flexibility index (Phi) is 4.88. The Hall–Kier alpha value is -4.06. The normalized spacial score (nSPS) is 11.0. The minimum atomic E-state index is 0.302. The van der Waals surface area contributed by atoms with Crippen molar-refractivity contribution >= 4 is 16.7 Å². The molecule has 0 aliphatic carbocycles. The molecule has 2 heterocycles. The van der Waals surface area contributed by atoms with E-state index in [0.717, 1.165) is 34.4 Å². The average Bonchev–Trinajstić information content (AvgIpc) is 3.29. The van der Waals surface area contributed by atoms with Crippen molar-refractivity contribution in [3.8, 4) is 23.2 Å². The SMILES string of the molecule is Cc1cccc(-c2nnc(-c3nc(N(C)Cc4ccccc4)c4ccccc4n3)o2)c1. The van der Waals surface area contributed by atoms with Crippen molar-refractivity contribution in [3.63, 3.8) is 0 Å². The Balaban J connectivity index is 1.56. The van der Waals surface area contributed by atoms with Gasteiger partial charge in [-0.15, -0.1) is 10.2 Å². The summed E-state index contributed by atoms with van der Waals surface area (Å²) in [6.45, 7) is 2.75. The van der Waals surface area contributed by atoms with E-state index in [4.69, 9.17) is 9.40 Å². The number of fused-ring (bicyclic) bond motifs is 1. The van der Waals surface area contributed by atoms with Gasteiger partial charge in [0.1, 0.15) is 5.82 Å². The van der Waals surface area contributed by atoms with Gasteiger partial charge in [0.15, 0.2) is 0 Å². The van der Waals surface area contributed by atoms with E-state index in [1.54, 1.807) is 0 Å². The van der Waals surface area contributed by atoms with Crippen LogP contribution in [0, 0.1) is 6.92 Å². The second-order valence-electron chi connectivity index (χ2n) is 7.51. The summed E-state index contributed by atoms with van der Waals surface area (Å²) in [5.41, 5.74) is 4.04. The number of anilines is 1. The molecule has 152 valence electrons. The van der Waals surface area contributed by atoms with Crippen molar-refractivity contribution in [3.05, 3.63) is 90.0 Å². The van der Waals surface area contributed by atoms with Gasteiger partial charge in [0, 0.05) is 24.5 Å². The third-order valence-electron chi connectivity index (χ3n) is 5.09. The first-order valence-corrected chi connectivity index (χ1v) is 10.1. The molecule has 0 saturated heterocycles. The van der Waals surface area contributed by atoms with Crippen molar-refractivity contribution < 1.29 is 4.42 Å². The van der Waals surface area contributed by atoms with Gasteiger partial charge >= 0.3 is 0 Å². The van der Waals surface area contributed by atoms with Gasteiger partial charge in [-0.2, -0.15) is 0 Å². The Morgan fingerprint density at radius 2 is 1.58 bits per heavy atom. The van der Waals surface area contributed by atoms with Gasteiger partial charge in [0.2, 0.25) is 11.7 Å². The zero-order valence-electron chi connectivity index (χ0n) is 17.4. The number of benzene rings is 3. The van der Waals surface area contributed by atoms with E-state index in [0.29, 0.717) is 17.6 Å². The van der Waals surface area contributed by atoms with Gasteiger partial charge in [0.25, 0.3) is 5.89 Å². The minimum absolute atomic E-state index is 0.302. The Labute approximate surface area is 180 Å². The molecule has 0 aliphatic rings. The predicted octanol–water partition coefficient (Wildman–Crippen LogP) is 5.29. The lowest BCUT2D eigenvalue weighted by atomic mass is 10.1. The first-order valence-electron chi connectivity index (χ1n) is 10.1. The molecule has 6 heteroatoms. The van der Waals surface area contributed by atoms with Crippen LogP contribution in [0.15, 0.2) is 83.3 Å². The molecule has 3 aromatic carbocycles. The number of aryl methyl sites for hydroxylation is 1. The molecule has 0 bridgehead atoms. The summed E-state index contributed by atoms with van der Waals surface area (Å²) in [7, 11) is 2.03. The summed E-state index contributed by atoms with van der Waals surface area (Å²) in [5.74, 6) is 1.99. The summed E-state index contributed by atoms with van der Waals surface area (Å²) < 4.78 is 5.95. The smallest absolute Gasteiger partial charge is 0.286 e. The lowest BCUT2D eigenvalue weighted by Crippen LogP contribution is -2.18. The third-order valence-corrected chi connectivity index (χ3v) is 5.09. The number of para-hydroxylation sites is 1. The number of rotatable bonds is 5. The summed E-state index contributed by atoms with van der Waals surface area (Å²) >= 11 is 0. The molecule has 0 N–H and O–H groups in total. The van der Waals surface area contributed by atoms with Gasteiger partial charge in [-0.3, -0.25) is 0 Å². The van der Waals surface area contributed by atoms with Crippen LogP contribution in [0.4, 0.5) is 5.82 Å². The highest BCUT2D eigenvalue weighted by Gasteiger charge is 2.18. The number of aromatic nitrogens is 4. The van der Waals surface area contributed by atoms with Gasteiger partial charge in [-0.25, -0.2) is 9.97 Å². The second kappa shape index (κ2) is 7.99. The van der Waals surface area contributed by atoms with Crippen LogP contribution in [0.3, 0.4) is 0 Å². The lowest BCUT2D eigenvalue weighted by molar-refractivity contribution is 0.579. The maximum Gasteiger partial charge on any atom is 0.286 e. The molecule has 0 spiro atoms. The minimum Gasteiger partial charge on any atom is -0.413 e. The van der Waals surface area contributed by atoms with Crippen LogP contribution in [-0.2, 0) is 6.54 Å². The Morgan fingerprint density at radius 3 is 2.42 bits per heavy atom. The molecular formula is C25H21N5O. The highest BCUT2D eigenvalue weighted by Crippen LogP contribution is 2.29. The molecule has 0 aliphatic heterocycles. The molecule has 0 unspecified atom stereocenters. The van der Waals surface area contributed by atoms with Crippen molar-refractivity contribution in [2.75, 3.05) is 11.9 Å². The number of hydrogen-bond acceptors (Lipinski definition) is 6. The van der Waals surface area contributed by atoms with Crippen LogP contribution < -0.4 is 4.90 Å². The van der Waals surface area contributed by atoms with Crippen molar-refractivity contribution in [2.45, 2.75) is 13.5 Å². The standard InChI is InChI=1S/C25H21N5O/c1-17-9-8-12-19(15-17)24-28-29-25(31-24)22-26-21-14-7-6-13-20(21)23(27-22)30(2)16-18-10-4-3-5-11-18/h3-15H,16H2,1-2H3. The average molecular weight is 407 g/mol. The summed E-state index contributed by atoms with van der Waals surface area (Å²) in [4.78, 5) is 11.6. The van der Waals surface area contributed by atoms with Crippen molar-refractivity contribution in [2.24, 2.45) is 0 Å². The summed E-state index contributed by atoms with van der Waals surface area (Å²) in [6.07, 6.45) is 0. The van der Waals surface area contributed by atoms with Crippen LogP contribution in [0.2, 0.25) is 0 Å². The molecule has 0 atom stereocenters. The molecule has 0 fully saturated rings. The Bertz CT molecular complexity index is 1350. The van der Waals surface area contributed by atoms with Gasteiger partial charge in [-0.1, -0.05) is 60.2 Å². The van der Waals surface area contributed by atoms with Crippen LogP contribution in [0.1, 0.15) is 11.1 Å². The number of nitrogens with zero attached hydrogens (tertiary/aromatic N) is 5. The zero-order valence-corrected chi connectivity index (χ0v) is 17.4. The largest absolute Gasteiger partial charge is 0.413 e. The fourth-order valence-electron chi connectivity index (χ4n) is 3.59. The van der Waals surface area contributed by atoms with Crippen LogP contribution >= 0.6 is 0 Å². The van der Waals surface area contributed by atoms with E-state index in [1.807, 2.05) is 80.7 Å². The van der Waals surface area contributed by atoms with Gasteiger partial charge < -0.3 is 9.32 Å². The van der Waals surface area contributed by atoms with E-state index >= 15 is 0 Å². The molecule has 31 heavy (non-hydrogen) atoms. The molecule has 0 amide bonds. The molecule has 5 rings (SSSR count). The lowest BCUT2D eigenvalue weighted by Gasteiger charge is -2.20. The molecule has 0 saturated carbocycles. The fourth-order valence-corrected chi connectivity index (χ4v) is 3.59. The van der Waals surface area contributed by atoms with Crippen LogP contribution in [-0.4, -0.2) is 27.2 Å². The van der Waals surface area contributed by atoms with E-state index in [1.165, 1.54) is 5.56 Å². The van der Waals surface area contributed by atoms with E-state index < -0.39 is 0 Å². The molecule has 2 aromatic heterocycles. The molecule has 5 aromatic rings. The van der Waals surface area contributed by atoms with Crippen molar-refractivity contribution in [1.29, 1.82) is 0 Å². The molecule has 6 nitrogen and oxygen atoms in total. The number of hydrogen-bond donors (Lipinski definition) is 0. The fraction of sp³-hybridized carbons (Fsp3) is 0.120. The first-order chi connectivity index (χ1) is 15.2. The highest BCUT2D eigenvalue weighted by molar-refractivity contribution is 5.90. The van der Waals surface area contributed by atoms with Crippen LogP contribution in [0.5, 0.6) is 0 Å². The summed E-state index contributed by atoms with van der Waals surface area (Å²) in [6, 6.07) is 26.2. The zero-order chi connectivity index (χ0) is 21.2. The topological polar surface area (TPSA) is 67.9 Å². The van der Waals surface area contributed by atoms with Crippen LogP contribution in [0.25, 0.3) is 34.1 Å². The Morgan fingerprint density at radius 1 is 0.806 bits per heavy atom. The summed E-state index contributed by atoms with van der Waals surface area (Å²) in [5, 5.41) is 9.41.